The molecular formula is C18H18F3NO4. The molecule has 26 heavy (non-hydrogen) atoms. The zero-order chi connectivity index (χ0) is 18.5. The number of allylic oxidation sites excluding steroid dienone is 1. The van der Waals surface area contributed by atoms with Gasteiger partial charge in [-0.1, -0.05) is 13.0 Å². The smallest absolute Gasteiger partial charge is 0.425 e. The maximum absolute atomic E-state index is 14.4. The van der Waals surface area contributed by atoms with Crippen molar-refractivity contribution in [3.05, 3.63) is 29.8 Å². The lowest BCUT2D eigenvalue weighted by Gasteiger charge is -2.35. The number of rotatable bonds is 3. The lowest BCUT2D eigenvalue weighted by atomic mass is 9.89. The second-order valence-corrected chi connectivity index (χ2v) is 6.66. The van der Waals surface area contributed by atoms with Gasteiger partial charge in [0.1, 0.15) is 6.10 Å². The normalized spacial score (nSPS) is 28.0. The van der Waals surface area contributed by atoms with Crippen molar-refractivity contribution >= 4 is 11.6 Å². The van der Waals surface area contributed by atoms with Crippen molar-refractivity contribution in [2.45, 2.75) is 44.1 Å². The number of alkyl halides is 3. The zero-order valence-electron chi connectivity index (χ0n) is 14.1. The van der Waals surface area contributed by atoms with Crippen LogP contribution in [0, 0.1) is 5.92 Å². The van der Waals surface area contributed by atoms with E-state index < -0.39 is 23.8 Å². The summed E-state index contributed by atoms with van der Waals surface area (Å²) in [4.78, 5) is 12.4. The molecule has 2 heterocycles. The number of nitrogens with one attached hydrogen (secondary N) is 1. The standard InChI is InChI=1S/C18H18F3NO4/c1-2-12-16(23)22-11-5-6-13-15(25-9-24-13)14(11)17(26-12,18(19,20)21)8-7-10-3-4-10/h5-8,10,12H,2-4,9H2,1H3,(H,22,23)/t12-,17-/m0/s1. The Morgan fingerprint density at radius 1 is 1.31 bits per heavy atom. The van der Waals surface area contributed by atoms with E-state index in [9.17, 15) is 18.0 Å². The minimum Gasteiger partial charge on any atom is -0.454 e. The summed E-state index contributed by atoms with van der Waals surface area (Å²) in [5, 5.41) is 2.55. The van der Waals surface area contributed by atoms with Crippen LogP contribution in [0.3, 0.4) is 0 Å². The molecule has 0 aromatic heterocycles. The summed E-state index contributed by atoms with van der Waals surface area (Å²) in [5.41, 5.74) is -3.03. The van der Waals surface area contributed by atoms with E-state index in [2.05, 4.69) is 5.32 Å². The van der Waals surface area contributed by atoms with E-state index in [-0.39, 0.29) is 41.9 Å². The molecule has 0 unspecified atom stereocenters. The molecule has 1 aliphatic carbocycles. The van der Waals surface area contributed by atoms with E-state index in [1.807, 2.05) is 0 Å². The number of amides is 1. The minimum atomic E-state index is -4.80. The molecule has 1 amide bonds. The predicted molar refractivity (Wildman–Crippen MR) is 86.0 cm³/mol. The van der Waals surface area contributed by atoms with E-state index >= 15 is 0 Å². The Labute approximate surface area is 148 Å². The average Bonchev–Trinajstić information content (AvgIpc) is 3.31. The summed E-state index contributed by atoms with van der Waals surface area (Å²) in [6, 6.07) is 2.88. The summed E-state index contributed by atoms with van der Waals surface area (Å²) in [5.74, 6) is -0.358. The van der Waals surface area contributed by atoms with Crippen LogP contribution in [0.15, 0.2) is 24.3 Å². The molecule has 3 aliphatic rings. The summed E-state index contributed by atoms with van der Waals surface area (Å²) >= 11 is 0. The number of fused-ring (bicyclic) bond motifs is 3. The van der Waals surface area contributed by atoms with Gasteiger partial charge >= 0.3 is 6.18 Å². The summed E-state index contributed by atoms with van der Waals surface area (Å²) < 4.78 is 59.3. The molecule has 0 spiro atoms. The van der Waals surface area contributed by atoms with Crippen molar-refractivity contribution in [2.24, 2.45) is 5.92 Å². The zero-order valence-corrected chi connectivity index (χ0v) is 14.1. The minimum absolute atomic E-state index is 0.0213. The largest absolute Gasteiger partial charge is 0.454 e. The number of carbonyl (C=O) groups excluding carboxylic acids is 1. The Hall–Kier alpha value is -2.22. The highest BCUT2D eigenvalue weighted by atomic mass is 19.4. The van der Waals surface area contributed by atoms with Gasteiger partial charge in [0.2, 0.25) is 12.4 Å². The third-order valence-corrected chi connectivity index (χ3v) is 4.81. The van der Waals surface area contributed by atoms with Gasteiger partial charge in [-0.15, -0.1) is 0 Å². The van der Waals surface area contributed by atoms with E-state index in [4.69, 9.17) is 14.2 Å². The van der Waals surface area contributed by atoms with E-state index in [0.717, 1.165) is 18.9 Å². The van der Waals surface area contributed by atoms with Crippen LogP contribution in [0.2, 0.25) is 0 Å². The van der Waals surface area contributed by atoms with Crippen LogP contribution in [0.4, 0.5) is 18.9 Å². The van der Waals surface area contributed by atoms with Crippen molar-refractivity contribution in [1.29, 1.82) is 0 Å². The maximum atomic E-state index is 14.4. The molecule has 2 atom stereocenters. The van der Waals surface area contributed by atoms with Gasteiger partial charge in [-0.3, -0.25) is 4.79 Å². The second-order valence-electron chi connectivity index (χ2n) is 6.66. The third kappa shape index (κ3) is 2.63. The number of halogens is 3. The van der Waals surface area contributed by atoms with Crippen molar-refractivity contribution in [3.8, 4) is 11.5 Å². The van der Waals surface area contributed by atoms with Gasteiger partial charge in [-0.05, 0) is 43.4 Å². The number of hydrogen-bond acceptors (Lipinski definition) is 4. The fourth-order valence-electron chi connectivity index (χ4n) is 3.25. The number of hydrogen-bond donors (Lipinski definition) is 1. The van der Waals surface area contributed by atoms with Crippen LogP contribution >= 0.6 is 0 Å². The highest BCUT2D eigenvalue weighted by molar-refractivity contribution is 5.96. The van der Waals surface area contributed by atoms with Crippen molar-refractivity contribution < 1.29 is 32.2 Å². The fourth-order valence-corrected chi connectivity index (χ4v) is 3.25. The summed E-state index contributed by atoms with van der Waals surface area (Å²) in [6.45, 7) is 1.42. The number of anilines is 1. The first-order chi connectivity index (χ1) is 12.4. The Kier molecular flexibility index (Phi) is 3.91. The molecule has 0 bridgehead atoms. The summed E-state index contributed by atoms with van der Waals surface area (Å²) in [6.07, 6.45) is -1.69. The van der Waals surface area contributed by atoms with Crippen LogP contribution in [-0.2, 0) is 15.1 Å². The van der Waals surface area contributed by atoms with Gasteiger partial charge in [-0.25, -0.2) is 0 Å². The molecule has 140 valence electrons. The molecule has 5 nitrogen and oxygen atoms in total. The molecule has 1 aromatic rings. The quantitative estimate of drug-likeness (QED) is 0.822. The molecular weight excluding hydrogens is 351 g/mol. The number of carbonyl (C=O) groups is 1. The third-order valence-electron chi connectivity index (χ3n) is 4.81. The van der Waals surface area contributed by atoms with Crippen LogP contribution in [0.5, 0.6) is 11.5 Å². The van der Waals surface area contributed by atoms with Crippen molar-refractivity contribution in [3.63, 3.8) is 0 Å². The lowest BCUT2D eigenvalue weighted by Crippen LogP contribution is -2.46. The first-order valence-corrected chi connectivity index (χ1v) is 8.53. The van der Waals surface area contributed by atoms with Crippen LogP contribution in [0.1, 0.15) is 31.7 Å². The monoisotopic (exact) mass is 369 g/mol. The Morgan fingerprint density at radius 2 is 2.08 bits per heavy atom. The van der Waals surface area contributed by atoms with E-state index in [1.165, 1.54) is 18.2 Å². The van der Waals surface area contributed by atoms with Crippen LogP contribution < -0.4 is 14.8 Å². The fraction of sp³-hybridized carbons (Fsp3) is 0.500. The Bertz CT molecular complexity index is 772. The van der Waals surface area contributed by atoms with Crippen LogP contribution in [0.25, 0.3) is 0 Å². The van der Waals surface area contributed by atoms with Gasteiger partial charge in [0, 0.05) is 0 Å². The molecule has 1 aromatic carbocycles. The van der Waals surface area contributed by atoms with E-state index in [0.29, 0.717) is 0 Å². The molecule has 2 aliphatic heterocycles. The first kappa shape index (κ1) is 17.2. The van der Waals surface area contributed by atoms with Gasteiger partial charge < -0.3 is 19.5 Å². The topological polar surface area (TPSA) is 56.8 Å². The highest BCUT2D eigenvalue weighted by Crippen LogP contribution is 2.55. The Morgan fingerprint density at radius 3 is 2.73 bits per heavy atom. The predicted octanol–water partition coefficient (Wildman–Crippen LogP) is 3.89. The molecule has 1 saturated carbocycles. The molecule has 1 fully saturated rings. The highest BCUT2D eigenvalue weighted by Gasteiger charge is 2.61. The summed E-state index contributed by atoms with van der Waals surface area (Å²) in [7, 11) is 0. The van der Waals surface area contributed by atoms with Gasteiger partial charge in [0.05, 0.1) is 11.3 Å². The molecule has 0 saturated heterocycles. The number of ether oxygens (including phenoxy) is 3. The second kappa shape index (κ2) is 5.90. The average molecular weight is 369 g/mol. The first-order valence-electron chi connectivity index (χ1n) is 8.53. The maximum Gasteiger partial charge on any atom is 0.425 e. The van der Waals surface area contributed by atoms with Gasteiger partial charge in [-0.2, -0.15) is 13.2 Å². The SMILES string of the molecule is CC[C@@H]1O[C@](C=CC2CC2)(C(F)(F)F)c2c(ccc3c2OCO3)NC1=O. The van der Waals surface area contributed by atoms with Gasteiger partial charge in [0.15, 0.2) is 11.5 Å². The molecule has 4 rings (SSSR count). The van der Waals surface area contributed by atoms with Crippen LogP contribution in [-0.4, -0.2) is 25.0 Å². The molecule has 0 radical (unpaired) electrons. The molecule has 8 heteroatoms. The van der Waals surface area contributed by atoms with Crippen molar-refractivity contribution in [1.82, 2.24) is 0 Å². The Balaban J connectivity index is 1.98. The lowest BCUT2D eigenvalue weighted by molar-refractivity contribution is -0.273. The molecule has 1 N–H and O–H groups in total. The van der Waals surface area contributed by atoms with Gasteiger partial charge in [0.25, 0.3) is 5.91 Å². The van der Waals surface area contributed by atoms with Crippen molar-refractivity contribution in [2.75, 3.05) is 12.1 Å². The number of benzene rings is 1. The van der Waals surface area contributed by atoms with E-state index in [1.54, 1.807) is 6.92 Å².